The first-order chi connectivity index (χ1) is 9.70. The number of hydrogen-bond acceptors (Lipinski definition) is 7. The summed E-state index contributed by atoms with van der Waals surface area (Å²) in [7, 11) is 0. The van der Waals surface area contributed by atoms with Gasteiger partial charge in [0.25, 0.3) is 0 Å². The molecule has 5 N–H and O–H groups in total. The Hall–Kier alpha value is -1.47. The SMILES string of the molecule is Nc1nc(N)nc(CN(CC2CCCCN2)C2CC2)n1. The van der Waals surface area contributed by atoms with Crippen LogP contribution in [0.2, 0.25) is 0 Å². The summed E-state index contributed by atoms with van der Waals surface area (Å²) in [5.74, 6) is 1.09. The van der Waals surface area contributed by atoms with Gasteiger partial charge in [0.15, 0.2) is 0 Å². The van der Waals surface area contributed by atoms with E-state index in [9.17, 15) is 0 Å². The topological polar surface area (TPSA) is 106 Å². The second kappa shape index (κ2) is 5.88. The third-order valence-corrected chi connectivity index (χ3v) is 3.99. The fourth-order valence-corrected chi connectivity index (χ4v) is 2.85. The van der Waals surface area contributed by atoms with Crippen molar-refractivity contribution in [1.82, 2.24) is 25.2 Å². The van der Waals surface area contributed by atoms with Crippen molar-refractivity contribution >= 4 is 11.9 Å². The molecule has 2 fully saturated rings. The van der Waals surface area contributed by atoms with Crippen LogP contribution in [0, 0.1) is 0 Å². The van der Waals surface area contributed by atoms with Gasteiger partial charge in [-0.15, -0.1) is 0 Å². The number of nitrogens with one attached hydrogen (secondary N) is 1. The maximum Gasteiger partial charge on any atom is 0.225 e. The smallest absolute Gasteiger partial charge is 0.225 e. The average Bonchev–Trinajstić information content (AvgIpc) is 3.22. The zero-order valence-corrected chi connectivity index (χ0v) is 11.8. The lowest BCUT2D eigenvalue weighted by Gasteiger charge is -2.30. The molecule has 1 aromatic heterocycles. The molecule has 2 heterocycles. The summed E-state index contributed by atoms with van der Waals surface area (Å²) in [4.78, 5) is 14.7. The van der Waals surface area contributed by atoms with Crippen LogP contribution in [0.4, 0.5) is 11.9 Å². The molecule has 1 aliphatic heterocycles. The summed E-state index contributed by atoms with van der Waals surface area (Å²) in [6.07, 6.45) is 6.40. The van der Waals surface area contributed by atoms with Gasteiger partial charge in [0.05, 0.1) is 6.54 Å². The van der Waals surface area contributed by atoms with Crippen LogP contribution in [0.25, 0.3) is 0 Å². The van der Waals surface area contributed by atoms with Crippen LogP contribution >= 0.6 is 0 Å². The standard InChI is InChI=1S/C13H23N7/c14-12-17-11(18-13(15)19-12)8-20(10-4-5-10)7-9-3-1-2-6-16-9/h9-10,16H,1-8H2,(H4,14,15,17,18,19). The third-order valence-electron chi connectivity index (χ3n) is 3.99. The van der Waals surface area contributed by atoms with Crippen LogP contribution in [0.1, 0.15) is 37.9 Å². The molecule has 1 saturated carbocycles. The number of anilines is 2. The van der Waals surface area contributed by atoms with Gasteiger partial charge in [0.2, 0.25) is 11.9 Å². The van der Waals surface area contributed by atoms with Crippen molar-refractivity contribution in [3.63, 3.8) is 0 Å². The van der Waals surface area contributed by atoms with E-state index >= 15 is 0 Å². The van der Waals surface area contributed by atoms with Crippen molar-refractivity contribution in [1.29, 1.82) is 0 Å². The number of rotatable bonds is 5. The number of aromatic nitrogens is 3. The van der Waals surface area contributed by atoms with Crippen LogP contribution in [0.3, 0.4) is 0 Å². The van der Waals surface area contributed by atoms with Crippen LogP contribution in [-0.4, -0.2) is 45.0 Å². The minimum Gasteiger partial charge on any atom is -0.368 e. The first kappa shape index (κ1) is 13.5. The van der Waals surface area contributed by atoms with Crippen molar-refractivity contribution < 1.29 is 0 Å². The van der Waals surface area contributed by atoms with Gasteiger partial charge in [-0.1, -0.05) is 6.42 Å². The maximum atomic E-state index is 5.64. The summed E-state index contributed by atoms with van der Waals surface area (Å²) >= 11 is 0. The summed E-state index contributed by atoms with van der Waals surface area (Å²) in [5.41, 5.74) is 11.3. The molecule has 0 amide bonds. The Bertz CT molecular complexity index is 434. The number of piperidine rings is 1. The first-order valence-corrected chi connectivity index (χ1v) is 7.44. The Morgan fingerprint density at radius 3 is 2.40 bits per heavy atom. The van der Waals surface area contributed by atoms with Crippen molar-refractivity contribution in [3.05, 3.63) is 5.82 Å². The van der Waals surface area contributed by atoms with Crippen molar-refractivity contribution in [2.45, 2.75) is 50.7 Å². The Balaban J connectivity index is 1.64. The second-order valence-electron chi connectivity index (χ2n) is 5.78. The normalized spacial score (nSPS) is 23.1. The van der Waals surface area contributed by atoms with Gasteiger partial charge in [-0.25, -0.2) is 0 Å². The van der Waals surface area contributed by atoms with Crippen LogP contribution in [0.5, 0.6) is 0 Å². The summed E-state index contributed by atoms with van der Waals surface area (Å²) < 4.78 is 0. The number of nitrogens with zero attached hydrogens (tertiary/aromatic N) is 4. The van der Waals surface area contributed by atoms with Crippen molar-refractivity contribution in [2.24, 2.45) is 0 Å². The monoisotopic (exact) mass is 277 g/mol. The number of nitrogen functional groups attached to an aromatic ring is 2. The molecule has 0 spiro atoms. The van der Waals surface area contributed by atoms with Crippen LogP contribution in [0.15, 0.2) is 0 Å². The minimum absolute atomic E-state index is 0.207. The predicted octanol–water partition coefficient (Wildman–Crippen LogP) is 0.143. The Labute approximate surface area is 119 Å². The minimum atomic E-state index is 0.207. The van der Waals surface area contributed by atoms with Gasteiger partial charge in [0.1, 0.15) is 5.82 Å². The molecular formula is C13H23N7. The summed E-state index contributed by atoms with van der Waals surface area (Å²) in [6.45, 7) is 2.89. The highest BCUT2D eigenvalue weighted by atomic mass is 15.2. The number of nitrogens with two attached hydrogens (primary N) is 2. The Kier molecular flexibility index (Phi) is 3.98. The number of hydrogen-bond donors (Lipinski definition) is 3. The molecule has 1 unspecified atom stereocenters. The van der Waals surface area contributed by atoms with Gasteiger partial charge in [-0.2, -0.15) is 15.0 Å². The highest BCUT2D eigenvalue weighted by Crippen LogP contribution is 2.28. The lowest BCUT2D eigenvalue weighted by molar-refractivity contribution is 0.204. The van der Waals surface area contributed by atoms with Crippen molar-refractivity contribution in [3.8, 4) is 0 Å². The molecule has 20 heavy (non-hydrogen) atoms. The van der Waals surface area contributed by atoms with E-state index in [1.165, 1.54) is 32.1 Å². The van der Waals surface area contributed by atoms with E-state index in [0.717, 1.165) is 13.1 Å². The molecule has 7 nitrogen and oxygen atoms in total. The highest BCUT2D eigenvalue weighted by Gasteiger charge is 2.31. The van der Waals surface area contributed by atoms with Crippen LogP contribution < -0.4 is 16.8 Å². The van der Waals surface area contributed by atoms with E-state index in [1.807, 2.05) is 0 Å². The predicted molar refractivity (Wildman–Crippen MR) is 77.7 cm³/mol. The molecule has 2 aliphatic rings. The maximum absolute atomic E-state index is 5.64. The van der Waals surface area contributed by atoms with Gasteiger partial charge in [-0.3, -0.25) is 4.90 Å². The summed E-state index contributed by atoms with van der Waals surface area (Å²) in [5, 5.41) is 3.60. The molecule has 1 aromatic rings. The second-order valence-corrected chi connectivity index (χ2v) is 5.78. The quantitative estimate of drug-likeness (QED) is 0.703. The van der Waals surface area contributed by atoms with Gasteiger partial charge in [0, 0.05) is 18.6 Å². The average molecular weight is 277 g/mol. The van der Waals surface area contributed by atoms with E-state index < -0.39 is 0 Å². The van der Waals surface area contributed by atoms with E-state index in [0.29, 0.717) is 24.5 Å². The van der Waals surface area contributed by atoms with E-state index in [1.54, 1.807) is 0 Å². The third kappa shape index (κ3) is 3.55. The fraction of sp³-hybridized carbons (Fsp3) is 0.769. The largest absolute Gasteiger partial charge is 0.368 e. The van der Waals surface area contributed by atoms with Crippen molar-refractivity contribution in [2.75, 3.05) is 24.6 Å². The van der Waals surface area contributed by atoms with Gasteiger partial charge in [-0.05, 0) is 32.2 Å². The lowest BCUT2D eigenvalue weighted by Crippen LogP contribution is -2.44. The lowest BCUT2D eigenvalue weighted by atomic mass is 10.0. The zero-order valence-electron chi connectivity index (χ0n) is 11.8. The molecule has 0 aromatic carbocycles. The van der Waals surface area contributed by atoms with E-state index in [4.69, 9.17) is 11.5 Å². The van der Waals surface area contributed by atoms with E-state index in [-0.39, 0.29) is 11.9 Å². The molecule has 1 atom stereocenters. The molecule has 1 saturated heterocycles. The molecule has 0 radical (unpaired) electrons. The van der Waals surface area contributed by atoms with E-state index in [2.05, 4.69) is 25.2 Å². The highest BCUT2D eigenvalue weighted by molar-refractivity contribution is 5.25. The van der Waals surface area contributed by atoms with Crippen LogP contribution in [-0.2, 0) is 6.54 Å². The molecular weight excluding hydrogens is 254 g/mol. The molecule has 1 aliphatic carbocycles. The molecule has 3 rings (SSSR count). The zero-order chi connectivity index (χ0) is 13.9. The van der Waals surface area contributed by atoms with Gasteiger partial charge >= 0.3 is 0 Å². The Morgan fingerprint density at radius 1 is 1.05 bits per heavy atom. The molecule has 110 valence electrons. The molecule has 0 bridgehead atoms. The Morgan fingerprint density at radius 2 is 1.80 bits per heavy atom. The van der Waals surface area contributed by atoms with Gasteiger partial charge < -0.3 is 16.8 Å². The fourth-order valence-electron chi connectivity index (χ4n) is 2.85. The summed E-state index contributed by atoms with van der Waals surface area (Å²) in [6, 6.07) is 1.25. The molecule has 7 heteroatoms. The first-order valence-electron chi connectivity index (χ1n) is 7.44.